The second-order valence-electron chi connectivity index (χ2n) is 9.97. The van der Waals surface area contributed by atoms with Gasteiger partial charge in [-0.1, -0.05) is 42.9 Å². The Hall–Kier alpha value is -4.44. The number of hydrogen-bond acceptors (Lipinski definition) is 8. The van der Waals surface area contributed by atoms with Crippen molar-refractivity contribution in [3.8, 4) is 27.8 Å². The van der Waals surface area contributed by atoms with E-state index in [4.69, 9.17) is 14.2 Å². The molecule has 9 nitrogen and oxygen atoms in total. The fourth-order valence-electron chi connectivity index (χ4n) is 4.53. The van der Waals surface area contributed by atoms with Gasteiger partial charge in [-0.3, -0.25) is 9.59 Å². The van der Waals surface area contributed by atoms with Crippen molar-refractivity contribution in [3.05, 3.63) is 83.4 Å². The van der Waals surface area contributed by atoms with Gasteiger partial charge in [0.25, 0.3) is 5.91 Å². The number of nitrogens with zero attached hydrogens (tertiary/aromatic N) is 3. The van der Waals surface area contributed by atoms with Gasteiger partial charge >= 0.3 is 0 Å². The minimum atomic E-state index is -0.240. The van der Waals surface area contributed by atoms with Gasteiger partial charge in [-0.05, 0) is 78.9 Å². The molecule has 2 amide bonds. The molecule has 1 N–H and O–H groups in total. The van der Waals surface area contributed by atoms with Gasteiger partial charge < -0.3 is 24.4 Å². The molecule has 0 saturated carbocycles. The summed E-state index contributed by atoms with van der Waals surface area (Å²) in [5.41, 5.74) is 3.68. The number of carbonyl (C=O) groups excluding carboxylic acids is 2. The van der Waals surface area contributed by atoms with Crippen molar-refractivity contribution in [1.82, 2.24) is 15.1 Å². The number of nitrogens with one attached hydrogen (secondary N) is 1. The van der Waals surface area contributed by atoms with Crippen molar-refractivity contribution in [2.45, 2.75) is 39.0 Å². The summed E-state index contributed by atoms with van der Waals surface area (Å²) >= 11 is 1.29. The molecule has 0 bridgehead atoms. The van der Waals surface area contributed by atoms with Crippen molar-refractivity contribution in [2.24, 2.45) is 0 Å². The van der Waals surface area contributed by atoms with Crippen LogP contribution in [0.15, 0.2) is 66.7 Å². The predicted molar refractivity (Wildman–Crippen MR) is 169 cm³/mol. The van der Waals surface area contributed by atoms with Gasteiger partial charge in [-0.15, -0.1) is 10.2 Å². The Kier molecular flexibility index (Phi) is 11.5. The third kappa shape index (κ3) is 8.78. The van der Waals surface area contributed by atoms with Crippen LogP contribution in [0.25, 0.3) is 10.6 Å². The van der Waals surface area contributed by atoms with Gasteiger partial charge in [-0.25, -0.2) is 0 Å². The lowest BCUT2D eigenvalue weighted by atomic mass is 10.1. The van der Waals surface area contributed by atoms with Crippen LogP contribution in [0.1, 0.15) is 47.7 Å². The Morgan fingerprint density at radius 3 is 2.21 bits per heavy atom. The first kappa shape index (κ1) is 31.5. The number of benzene rings is 3. The molecule has 0 saturated heterocycles. The van der Waals surface area contributed by atoms with Crippen molar-refractivity contribution in [2.75, 3.05) is 39.7 Å². The highest BCUT2D eigenvalue weighted by molar-refractivity contribution is 7.18. The Morgan fingerprint density at radius 2 is 1.53 bits per heavy atom. The van der Waals surface area contributed by atoms with Crippen LogP contribution in [0, 0.1) is 0 Å². The fourth-order valence-corrected chi connectivity index (χ4v) is 5.30. The number of amides is 2. The molecule has 4 rings (SSSR count). The summed E-state index contributed by atoms with van der Waals surface area (Å²) in [7, 11) is 4.80. The molecule has 3 aromatic carbocycles. The van der Waals surface area contributed by atoms with E-state index in [1.54, 1.807) is 26.2 Å². The van der Waals surface area contributed by atoms with Crippen molar-refractivity contribution < 1.29 is 23.8 Å². The molecule has 0 radical (unpaired) electrons. The van der Waals surface area contributed by atoms with Gasteiger partial charge in [0, 0.05) is 30.6 Å². The van der Waals surface area contributed by atoms with Crippen LogP contribution in [0.3, 0.4) is 0 Å². The number of unbranched alkanes of at least 4 members (excludes halogenated alkanes) is 1. The van der Waals surface area contributed by atoms with Gasteiger partial charge in [0.1, 0.15) is 10.8 Å². The summed E-state index contributed by atoms with van der Waals surface area (Å²) in [6, 6.07) is 21.0. The molecule has 0 aliphatic rings. The summed E-state index contributed by atoms with van der Waals surface area (Å²) in [6.45, 7) is 2.84. The molecule has 1 aromatic heterocycles. The maximum atomic E-state index is 13.6. The largest absolute Gasteiger partial charge is 0.497 e. The van der Waals surface area contributed by atoms with E-state index in [2.05, 4.69) is 22.4 Å². The summed E-state index contributed by atoms with van der Waals surface area (Å²) < 4.78 is 16.0. The smallest absolute Gasteiger partial charge is 0.253 e. The molecule has 0 spiro atoms. The number of aryl methyl sites for hydroxylation is 1. The van der Waals surface area contributed by atoms with Crippen LogP contribution in [0.5, 0.6) is 17.2 Å². The Bertz CT molecular complexity index is 1490. The van der Waals surface area contributed by atoms with Crippen LogP contribution in [-0.4, -0.2) is 61.3 Å². The zero-order chi connectivity index (χ0) is 30.6. The zero-order valence-electron chi connectivity index (χ0n) is 25.1. The van der Waals surface area contributed by atoms with Crippen LogP contribution in [0.4, 0.5) is 5.13 Å². The first-order chi connectivity index (χ1) is 20.9. The van der Waals surface area contributed by atoms with E-state index in [9.17, 15) is 9.59 Å². The second-order valence-corrected chi connectivity index (χ2v) is 10.9. The number of carbonyl (C=O) groups is 2. The summed E-state index contributed by atoms with van der Waals surface area (Å²) in [4.78, 5) is 28.3. The fraction of sp³-hybridized carbons (Fsp3) is 0.333. The van der Waals surface area contributed by atoms with E-state index in [-0.39, 0.29) is 24.8 Å². The molecule has 0 unspecified atom stereocenters. The average Bonchev–Trinajstić information content (AvgIpc) is 3.51. The van der Waals surface area contributed by atoms with E-state index in [1.165, 1.54) is 16.9 Å². The Morgan fingerprint density at radius 1 is 0.814 bits per heavy atom. The molecule has 1 heterocycles. The molecule has 0 atom stereocenters. The number of aromatic nitrogens is 2. The lowest BCUT2D eigenvalue weighted by Gasteiger charge is -2.23. The van der Waals surface area contributed by atoms with Crippen LogP contribution in [0.2, 0.25) is 0 Å². The van der Waals surface area contributed by atoms with Crippen LogP contribution >= 0.6 is 11.3 Å². The minimum Gasteiger partial charge on any atom is -0.497 e. The number of methoxy groups -OCH3 is 3. The number of ether oxygens (including phenoxy) is 3. The molecule has 10 heteroatoms. The third-order valence-electron chi connectivity index (χ3n) is 7.04. The maximum absolute atomic E-state index is 13.6. The van der Waals surface area contributed by atoms with E-state index in [0.717, 1.165) is 36.1 Å². The average molecular weight is 603 g/mol. The molecular formula is C33H38N4O5S. The molecular weight excluding hydrogens is 564 g/mol. The Balaban J connectivity index is 1.42. The maximum Gasteiger partial charge on any atom is 0.253 e. The lowest BCUT2D eigenvalue weighted by Crippen LogP contribution is -2.35. The standard InChI is InChI=1S/C33H38N4O5S/c1-5-6-7-23-8-11-26(12-9-23)32(39)37(20-18-24-10-17-28(41-3)29(22-24)42-4)21-19-30(38)34-33-36-35-31(43-33)25-13-15-27(40-2)16-14-25/h8-17,22H,5-7,18-21H2,1-4H3,(H,34,36,38). The molecule has 43 heavy (non-hydrogen) atoms. The molecule has 0 aliphatic carbocycles. The highest BCUT2D eigenvalue weighted by atomic mass is 32.1. The number of anilines is 1. The summed E-state index contributed by atoms with van der Waals surface area (Å²) in [6.07, 6.45) is 3.91. The summed E-state index contributed by atoms with van der Waals surface area (Å²) in [5.74, 6) is 1.67. The topological polar surface area (TPSA) is 103 Å². The zero-order valence-corrected chi connectivity index (χ0v) is 25.9. The first-order valence-electron chi connectivity index (χ1n) is 14.3. The SMILES string of the molecule is CCCCc1ccc(C(=O)N(CCC(=O)Nc2nnc(-c3ccc(OC)cc3)s2)CCc2ccc(OC)c(OC)c2)cc1. The third-order valence-corrected chi connectivity index (χ3v) is 7.93. The quantitative estimate of drug-likeness (QED) is 0.171. The van der Waals surface area contributed by atoms with Crippen LogP contribution in [-0.2, 0) is 17.6 Å². The van der Waals surface area contributed by atoms with E-state index in [0.29, 0.717) is 40.2 Å². The summed E-state index contributed by atoms with van der Waals surface area (Å²) in [5, 5.41) is 12.2. The first-order valence-corrected chi connectivity index (χ1v) is 15.1. The van der Waals surface area contributed by atoms with E-state index >= 15 is 0 Å². The lowest BCUT2D eigenvalue weighted by molar-refractivity contribution is -0.116. The van der Waals surface area contributed by atoms with Crippen molar-refractivity contribution in [3.63, 3.8) is 0 Å². The van der Waals surface area contributed by atoms with E-state index < -0.39 is 0 Å². The van der Waals surface area contributed by atoms with Crippen molar-refractivity contribution in [1.29, 1.82) is 0 Å². The molecule has 0 fully saturated rings. The highest BCUT2D eigenvalue weighted by Crippen LogP contribution is 2.29. The van der Waals surface area contributed by atoms with E-state index in [1.807, 2.05) is 66.7 Å². The number of rotatable bonds is 15. The molecule has 4 aromatic rings. The predicted octanol–water partition coefficient (Wildman–Crippen LogP) is 6.29. The molecule has 0 aliphatic heterocycles. The van der Waals surface area contributed by atoms with Gasteiger partial charge in [0.15, 0.2) is 11.5 Å². The highest BCUT2D eigenvalue weighted by Gasteiger charge is 2.19. The van der Waals surface area contributed by atoms with Crippen molar-refractivity contribution >= 4 is 28.3 Å². The Labute approximate surface area is 256 Å². The van der Waals surface area contributed by atoms with Gasteiger partial charge in [-0.2, -0.15) is 0 Å². The normalized spacial score (nSPS) is 10.7. The van der Waals surface area contributed by atoms with Crippen LogP contribution < -0.4 is 19.5 Å². The van der Waals surface area contributed by atoms with Gasteiger partial charge in [0.2, 0.25) is 11.0 Å². The monoisotopic (exact) mass is 602 g/mol. The second kappa shape index (κ2) is 15.7. The minimum absolute atomic E-state index is 0.115. The van der Waals surface area contributed by atoms with Gasteiger partial charge in [0.05, 0.1) is 21.3 Å². The number of hydrogen-bond donors (Lipinski definition) is 1. The molecule has 226 valence electrons.